The van der Waals surface area contributed by atoms with Crippen molar-refractivity contribution in [3.05, 3.63) is 29.8 Å². The third-order valence-electron chi connectivity index (χ3n) is 4.84. The second-order valence-electron chi connectivity index (χ2n) is 6.48. The highest BCUT2D eigenvalue weighted by molar-refractivity contribution is 5.97. The number of nitrogens with zero attached hydrogens (tertiary/aromatic N) is 1. The van der Waals surface area contributed by atoms with E-state index < -0.39 is 0 Å². The fourth-order valence-electron chi connectivity index (χ4n) is 3.28. The largest absolute Gasteiger partial charge is 0.381 e. The molecule has 1 aromatic carbocycles. The lowest BCUT2D eigenvalue weighted by Crippen LogP contribution is -2.40. The van der Waals surface area contributed by atoms with Gasteiger partial charge in [-0.25, -0.2) is 0 Å². The van der Waals surface area contributed by atoms with Crippen LogP contribution in [-0.2, 0) is 9.53 Å². The topological polar surface area (TPSA) is 70.7 Å². The molecule has 0 aliphatic carbocycles. The van der Waals surface area contributed by atoms with E-state index in [0.717, 1.165) is 37.9 Å². The van der Waals surface area contributed by atoms with Gasteiger partial charge in [0.25, 0.3) is 5.91 Å². The summed E-state index contributed by atoms with van der Waals surface area (Å²) in [4.78, 5) is 26.5. The molecule has 0 aromatic heterocycles. The Morgan fingerprint density at radius 3 is 2.50 bits per heavy atom. The van der Waals surface area contributed by atoms with Crippen LogP contribution in [0.2, 0.25) is 0 Å². The third kappa shape index (κ3) is 3.94. The van der Waals surface area contributed by atoms with Crippen molar-refractivity contribution in [1.82, 2.24) is 10.2 Å². The Hall–Kier alpha value is -1.92. The van der Waals surface area contributed by atoms with Crippen molar-refractivity contribution >= 4 is 17.5 Å². The lowest BCUT2D eigenvalue weighted by molar-refractivity contribution is -0.117. The van der Waals surface area contributed by atoms with E-state index in [4.69, 9.17) is 4.74 Å². The van der Waals surface area contributed by atoms with Crippen LogP contribution < -0.4 is 10.6 Å². The molecule has 2 N–H and O–H groups in total. The highest BCUT2D eigenvalue weighted by Crippen LogP contribution is 2.18. The molecule has 1 unspecified atom stereocenters. The number of carbonyl (C=O) groups excluding carboxylic acids is 2. The van der Waals surface area contributed by atoms with Gasteiger partial charge in [0.2, 0.25) is 5.91 Å². The van der Waals surface area contributed by atoms with Gasteiger partial charge in [0.15, 0.2) is 0 Å². The van der Waals surface area contributed by atoms with Crippen LogP contribution in [0.15, 0.2) is 24.3 Å². The molecule has 130 valence electrons. The molecule has 6 heteroatoms. The Bertz CT molecular complexity index is 576. The smallest absolute Gasteiger partial charge is 0.253 e. The van der Waals surface area contributed by atoms with E-state index in [9.17, 15) is 9.59 Å². The van der Waals surface area contributed by atoms with Gasteiger partial charge in [-0.1, -0.05) is 0 Å². The number of amides is 2. The standard InChI is InChI=1S/C18H25N3O3/c1-21(15-8-11-24-12-9-15)18(23)13-4-6-14(7-5-13)20-17(22)16-3-2-10-19-16/h4-7,15-16,19H,2-3,8-12H2,1H3,(H,20,22). The third-order valence-corrected chi connectivity index (χ3v) is 4.84. The Balaban J connectivity index is 1.58. The molecule has 1 aromatic rings. The van der Waals surface area contributed by atoms with Crippen molar-refractivity contribution in [2.45, 2.75) is 37.8 Å². The van der Waals surface area contributed by atoms with E-state index in [1.165, 1.54) is 0 Å². The number of rotatable bonds is 4. The van der Waals surface area contributed by atoms with Gasteiger partial charge in [-0.3, -0.25) is 9.59 Å². The van der Waals surface area contributed by atoms with E-state index in [2.05, 4.69) is 10.6 Å². The van der Waals surface area contributed by atoms with Gasteiger partial charge in [0.05, 0.1) is 6.04 Å². The number of carbonyl (C=O) groups is 2. The van der Waals surface area contributed by atoms with Crippen LogP contribution in [0.4, 0.5) is 5.69 Å². The van der Waals surface area contributed by atoms with Gasteiger partial charge >= 0.3 is 0 Å². The lowest BCUT2D eigenvalue weighted by Gasteiger charge is -2.31. The van der Waals surface area contributed by atoms with Gasteiger partial charge in [0, 0.05) is 37.6 Å². The van der Waals surface area contributed by atoms with Gasteiger partial charge in [-0.05, 0) is 56.5 Å². The zero-order valence-corrected chi connectivity index (χ0v) is 14.1. The molecule has 2 aliphatic rings. The number of benzene rings is 1. The average molecular weight is 331 g/mol. The molecular weight excluding hydrogens is 306 g/mol. The van der Waals surface area contributed by atoms with E-state index in [1.807, 2.05) is 7.05 Å². The summed E-state index contributed by atoms with van der Waals surface area (Å²) in [5.74, 6) is 0.00290. The summed E-state index contributed by atoms with van der Waals surface area (Å²) in [6, 6.07) is 7.26. The highest BCUT2D eigenvalue weighted by Gasteiger charge is 2.24. The minimum absolute atomic E-state index is 0.00843. The first-order valence-corrected chi connectivity index (χ1v) is 8.64. The van der Waals surface area contributed by atoms with Crippen LogP contribution in [0.5, 0.6) is 0 Å². The normalized spacial score (nSPS) is 21.5. The van der Waals surface area contributed by atoms with Crippen molar-refractivity contribution in [1.29, 1.82) is 0 Å². The van der Waals surface area contributed by atoms with E-state index in [0.29, 0.717) is 18.8 Å². The molecule has 0 spiro atoms. The molecule has 2 fully saturated rings. The van der Waals surface area contributed by atoms with Gasteiger partial charge in [0.1, 0.15) is 0 Å². The Morgan fingerprint density at radius 1 is 1.17 bits per heavy atom. The quantitative estimate of drug-likeness (QED) is 0.880. The summed E-state index contributed by atoms with van der Waals surface area (Å²) in [5, 5.41) is 6.07. The van der Waals surface area contributed by atoms with Crippen LogP contribution in [0.25, 0.3) is 0 Å². The lowest BCUT2D eigenvalue weighted by atomic mass is 10.1. The van der Waals surface area contributed by atoms with Gasteiger partial charge < -0.3 is 20.3 Å². The van der Waals surface area contributed by atoms with Crippen LogP contribution in [0.3, 0.4) is 0 Å². The van der Waals surface area contributed by atoms with Crippen molar-refractivity contribution in [3.63, 3.8) is 0 Å². The van der Waals surface area contributed by atoms with Crippen LogP contribution in [0.1, 0.15) is 36.0 Å². The predicted octanol–water partition coefficient (Wildman–Crippen LogP) is 1.63. The van der Waals surface area contributed by atoms with Crippen molar-refractivity contribution in [2.75, 3.05) is 32.1 Å². The van der Waals surface area contributed by atoms with Crippen molar-refractivity contribution in [3.8, 4) is 0 Å². The number of hydrogen-bond donors (Lipinski definition) is 2. The zero-order valence-electron chi connectivity index (χ0n) is 14.1. The first-order valence-electron chi connectivity index (χ1n) is 8.64. The summed E-state index contributed by atoms with van der Waals surface area (Å²) < 4.78 is 5.35. The Kier molecular flexibility index (Phi) is 5.48. The van der Waals surface area contributed by atoms with E-state index >= 15 is 0 Å². The van der Waals surface area contributed by atoms with Crippen molar-refractivity contribution in [2.24, 2.45) is 0 Å². The molecule has 3 rings (SSSR count). The fourth-order valence-corrected chi connectivity index (χ4v) is 3.28. The molecule has 2 heterocycles. The molecule has 0 bridgehead atoms. The zero-order chi connectivity index (χ0) is 16.9. The first-order chi connectivity index (χ1) is 11.6. The monoisotopic (exact) mass is 331 g/mol. The molecule has 0 radical (unpaired) electrons. The molecule has 2 aliphatic heterocycles. The molecular formula is C18H25N3O3. The number of ether oxygens (including phenoxy) is 1. The maximum absolute atomic E-state index is 12.6. The maximum atomic E-state index is 12.6. The molecule has 6 nitrogen and oxygen atoms in total. The molecule has 24 heavy (non-hydrogen) atoms. The summed E-state index contributed by atoms with van der Waals surface area (Å²) >= 11 is 0. The van der Waals surface area contributed by atoms with Crippen LogP contribution in [-0.4, -0.2) is 55.6 Å². The van der Waals surface area contributed by atoms with Crippen molar-refractivity contribution < 1.29 is 14.3 Å². The first kappa shape index (κ1) is 16.9. The van der Waals surface area contributed by atoms with Gasteiger partial charge in [-0.15, -0.1) is 0 Å². The van der Waals surface area contributed by atoms with Crippen LogP contribution >= 0.6 is 0 Å². The Morgan fingerprint density at radius 2 is 1.88 bits per heavy atom. The summed E-state index contributed by atoms with van der Waals surface area (Å²) in [6.07, 6.45) is 3.66. The second kappa shape index (κ2) is 7.77. The highest BCUT2D eigenvalue weighted by atomic mass is 16.5. The summed E-state index contributed by atoms with van der Waals surface area (Å²) in [6.45, 7) is 2.31. The SMILES string of the molecule is CN(C(=O)c1ccc(NC(=O)C2CCCN2)cc1)C1CCOCC1. The fraction of sp³-hybridized carbons (Fsp3) is 0.556. The molecule has 0 saturated carbocycles. The number of nitrogens with one attached hydrogen (secondary N) is 2. The number of anilines is 1. The minimum atomic E-state index is -0.106. The molecule has 2 amide bonds. The van der Waals surface area contributed by atoms with E-state index in [-0.39, 0.29) is 23.9 Å². The molecule has 2 saturated heterocycles. The number of hydrogen-bond acceptors (Lipinski definition) is 4. The maximum Gasteiger partial charge on any atom is 0.253 e. The second-order valence-corrected chi connectivity index (χ2v) is 6.48. The minimum Gasteiger partial charge on any atom is -0.381 e. The summed E-state index contributed by atoms with van der Waals surface area (Å²) in [5.41, 5.74) is 1.36. The predicted molar refractivity (Wildman–Crippen MR) is 92.0 cm³/mol. The van der Waals surface area contributed by atoms with E-state index in [1.54, 1.807) is 29.2 Å². The van der Waals surface area contributed by atoms with Crippen LogP contribution in [0, 0.1) is 0 Å². The van der Waals surface area contributed by atoms with Gasteiger partial charge in [-0.2, -0.15) is 0 Å². The average Bonchev–Trinajstić information content (AvgIpc) is 3.17. The summed E-state index contributed by atoms with van der Waals surface area (Å²) in [7, 11) is 1.85. The molecule has 1 atom stereocenters. The Labute approximate surface area is 142 Å².